The molecule has 0 saturated heterocycles. The molecule has 6 heteroatoms. The first-order valence-corrected chi connectivity index (χ1v) is 8.03. The quantitative estimate of drug-likeness (QED) is 0.788. The second-order valence-electron chi connectivity index (χ2n) is 5.38. The lowest BCUT2D eigenvalue weighted by atomic mass is 10.2. The van der Waals surface area contributed by atoms with Crippen molar-refractivity contribution >= 4 is 17.2 Å². The predicted molar refractivity (Wildman–Crippen MR) is 82.1 cm³/mol. The summed E-state index contributed by atoms with van der Waals surface area (Å²) in [7, 11) is 1.84. The van der Waals surface area contributed by atoms with Gasteiger partial charge in [-0.1, -0.05) is 25.1 Å². The van der Waals surface area contributed by atoms with E-state index in [0.717, 1.165) is 12.2 Å². The minimum atomic E-state index is 0.145. The Morgan fingerprint density at radius 1 is 1.48 bits per heavy atom. The van der Waals surface area contributed by atoms with Gasteiger partial charge in [-0.15, -0.1) is 11.3 Å². The van der Waals surface area contributed by atoms with Crippen LogP contribution in [0.2, 0.25) is 0 Å². The average Bonchev–Trinajstić information content (AvgIpc) is 3.09. The van der Waals surface area contributed by atoms with Crippen LogP contribution in [0.5, 0.6) is 0 Å². The van der Waals surface area contributed by atoms with Gasteiger partial charge in [0.05, 0.1) is 6.54 Å². The molecule has 0 atom stereocenters. The van der Waals surface area contributed by atoms with Gasteiger partial charge in [0, 0.05) is 30.7 Å². The molecule has 2 heterocycles. The van der Waals surface area contributed by atoms with Crippen LogP contribution in [0.25, 0.3) is 0 Å². The molecule has 0 fully saturated rings. The molecule has 0 saturated carbocycles. The number of aryl methyl sites for hydroxylation is 1. The Morgan fingerprint density at radius 2 is 2.29 bits per heavy atom. The summed E-state index contributed by atoms with van der Waals surface area (Å²) in [4.78, 5) is 19.3. The molecule has 2 aromatic rings. The zero-order valence-corrected chi connectivity index (χ0v) is 13.5. The van der Waals surface area contributed by atoms with Gasteiger partial charge in [-0.3, -0.25) is 4.79 Å². The Morgan fingerprint density at radius 3 is 2.90 bits per heavy atom. The molecule has 1 amide bonds. The van der Waals surface area contributed by atoms with E-state index in [1.807, 2.05) is 38.4 Å². The van der Waals surface area contributed by atoms with E-state index in [1.165, 1.54) is 4.88 Å². The van der Waals surface area contributed by atoms with Gasteiger partial charge in [-0.05, 0) is 17.9 Å². The van der Waals surface area contributed by atoms with E-state index in [0.29, 0.717) is 25.3 Å². The third-order valence-electron chi connectivity index (χ3n) is 3.18. The molecule has 0 aliphatic heterocycles. The number of hydrogen-bond acceptors (Lipinski definition) is 5. The van der Waals surface area contributed by atoms with Crippen LogP contribution in [0.15, 0.2) is 22.0 Å². The maximum atomic E-state index is 12.0. The van der Waals surface area contributed by atoms with Crippen LogP contribution in [0.3, 0.4) is 0 Å². The van der Waals surface area contributed by atoms with E-state index in [9.17, 15) is 4.79 Å². The first-order valence-electron chi connectivity index (χ1n) is 7.15. The van der Waals surface area contributed by atoms with Crippen LogP contribution in [0.4, 0.5) is 0 Å². The summed E-state index contributed by atoms with van der Waals surface area (Å²) < 4.78 is 5.17. The third kappa shape index (κ3) is 4.67. The summed E-state index contributed by atoms with van der Waals surface area (Å²) in [5, 5.41) is 5.94. The molecule has 0 spiro atoms. The van der Waals surface area contributed by atoms with Gasteiger partial charge in [-0.2, -0.15) is 4.98 Å². The van der Waals surface area contributed by atoms with Crippen molar-refractivity contribution in [1.82, 2.24) is 15.0 Å². The lowest BCUT2D eigenvalue weighted by molar-refractivity contribution is -0.130. The van der Waals surface area contributed by atoms with Crippen molar-refractivity contribution < 1.29 is 9.32 Å². The van der Waals surface area contributed by atoms with Crippen LogP contribution < -0.4 is 0 Å². The monoisotopic (exact) mass is 307 g/mol. The highest BCUT2D eigenvalue weighted by molar-refractivity contribution is 7.09. The lowest BCUT2D eigenvalue weighted by Gasteiger charge is -2.15. The fourth-order valence-corrected chi connectivity index (χ4v) is 2.67. The van der Waals surface area contributed by atoms with E-state index >= 15 is 0 Å². The third-order valence-corrected chi connectivity index (χ3v) is 4.04. The maximum Gasteiger partial charge on any atom is 0.226 e. The van der Waals surface area contributed by atoms with Crippen molar-refractivity contribution in [1.29, 1.82) is 0 Å². The van der Waals surface area contributed by atoms with Crippen molar-refractivity contribution in [2.75, 3.05) is 7.05 Å². The maximum absolute atomic E-state index is 12.0. The predicted octanol–water partition coefficient (Wildman–Crippen LogP) is 3.24. The molecule has 0 unspecified atom stereocenters. The molecule has 114 valence electrons. The SMILES string of the molecule is CC(C)c1noc(CCCC(=O)N(C)Cc2cccs2)n1. The van der Waals surface area contributed by atoms with Crippen LogP contribution in [0.1, 0.15) is 49.2 Å². The molecular weight excluding hydrogens is 286 g/mol. The topological polar surface area (TPSA) is 59.2 Å². The molecule has 0 aliphatic rings. The summed E-state index contributed by atoms with van der Waals surface area (Å²) in [6.07, 6.45) is 1.88. The second kappa shape index (κ2) is 7.36. The first kappa shape index (κ1) is 15.7. The number of nitrogens with zero attached hydrogens (tertiary/aromatic N) is 3. The van der Waals surface area contributed by atoms with Gasteiger partial charge in [0.25, 0.3) is 0 Å². The van der Waals surface area contributed by atoms with Gasteiger partial charge in [0.15, 0.2) is 5.82 Å². The Bertz CT molecular complexity index is 563. The Kier molecular flexibility index (Phi) is 5.50. The number of rotatable bonds is 7. The van der Waals surface area contributed by atoms with Crippen molar-refractivity contribution in [2.45, 2.75) is 45.6 Å². The smallest absolute Gasteiger partial charge is 0.226 e. The second-order valence-corrected chi connectivity index (χ2v) is 6.42. The number of carbonyl (C=O) groups is 1. The molecule has 0 aromatic carbocycles. The van der Waals surface area contributed by atoms with E-state index in [1.54, 1.807) is 16.2 Å². The fraction of sp³-hybridized carbons (Fsp3) is 0.533. The zero-order chi connectivity index (χ0) is 15.2. The Labute approximate surface area is 129 Å². The van der Waals surface area contributed by atoms with Gasteiger partial charge >= 0.3 is 0 Å². The number of hydrogen-bond donors (Lipinski definition) is 0. The van der Waals surface area contributed by atoms with Crippen LogP contribution in [-0.4, -0.2) is 28.0 Å². The molecule has 2 rings (SSSR count). The van der Waals surface area contributed by atoms with Crippen molar-refractivity contribution in [3.8, 4) is 0 Å². The summed E-state index contributed by atoms with van der Waals surface area (Å²) in [6, 6.07) is 4.04. The summed E-state index contributed by atoms with van der Waals surface area (Å²) in [6.45, 7) is 4.73. The first-order chi connectivity index (χ1) is 10.1. The standard InChI is InChI=1S/C15H21N3O2S/c1-11(2)15-16-13(20-17-15)7-4-8-14(19)18(3)10-12-6-5-9-21-12/h5-6,9,11H,4,7-8,10H2,1-3H3. The van der Waals surface area contributed by atoms with Crippen molar-refractivity contribution in [2.24, 2.45) is 0 Å². The number of amides is 1. The minimum Gasteiger partial charge on any atom is -0.341 e. The average molecular weight is 307 g/mol. The summed E-state index contributed by atoms with van der Waals surface area (Å²) in [5.41, 5.74) is 0. The summed E-state index contributed by atoms with van der Waals surface area (Å²) >= 11 is 1.67. The fourth-order valence-electron chi connectivity index (χ4n) is 1.91. The van der Waals surface area contributed by atoms with Crippen molar-refractivity contribution in [3.05, 3.63) is 34.1 Å². The number of thiophene rings is 1. The van der Waals surface area contributed by atoms with Gasteiger partial charge in [-0.25, -0.2) is 0 Å². The van der Waals surface area contributed by atoms with Crippen molar-refractivity contribution in [3.63, 3.8) is 0 Å². The largest absolute Gasteiger partial charge is 0.341 e. The molecule has 5 nitrogen and oxygen atoms in total. The highest BCUT2D eigenvalue weighted by atomic mass is 32.1. The molecule has 0 N–H and O–H groups in total. The van der Waals surface area contributed by atoms with Crippen LogP contribution in [0, 0.1) is 0 Å². The van der Waals surface area contributed by atoms with Crippen LogP contribution in [-0.2, 0) is 17.8 Å². The lowest BCUT2D eigenvalue weighted by Crippen LogP contribution is -2.25. The van der Waals surface area contributed by atoms with E-state index in [2.05, 4.69) is 10.1 Å². The molecule has 0 bridgehead atoms. The number of carbonyl (C=O) groups excluding carboxylic acids is 1. The minimum absolute atomic E-state index is 0.145. The van der Waals surface area contributed by atoms with E-state index < -0.39 is 0 Å². The Balaban J connectivity index is 1.73. The highest BCUT2D eigenvalue weighted by Crippen LogP contribution is 2.13. The molecule has 0 aliphatic carbocycles. The van der Waals surface area contributed by atoms with Gasteiger partial charge in [0.1, 0.15) is 0 Å². The highest BCUT2D eigenvalue weighted by Gasteiger charge is 2.12. The van der Waals surface area contributed by atoms with E-state index in [-0.39, 0.29) is 11.8 Å². The Hall–Kier alpha value is -1.69. The molecular formula is C15H21N3O2S. The normalized spacial score (nSPS) is 11.0. The molecule has 21 heavy (non-hydrogen) atoms. The van der Waals surface area contributed by atoms with Crippen LogP contribution >= 0.6 is 11.3 Å². The van der Waals surface area contributed by atoms with Gasteiger partial charge in [0.2, 0.25) is 11.8 Å². The molecule has 0 radical (unpaired) electrons. The van der Waals surface area contributed by atoms with Gasteiger partial charge < -0.3 is 9.42 Å². The molecule has 2 aromatic heterocycles. The zero-order valence-electron chi connectivity index (χ0n) is 12.7. The van der Waals surface area contributed by atoms with E-state index in [4.69, 9.17) is 4.52 Å². The number of aromatic nitrogens is 2. The summed E-state index contributed by atoms with van der Waals surface area (Å²) in [5.74, 6) is 1.76.